The number of hydrogen-bond acceptors (Lipinski definition) is 6. The Morgan fingerprint density at radius 3 is 2.74 bits per heavy atom. The minimum absolute atomic E-state index is 0.206. The molecule has 3 heterocycles. The summed E-state index contributed by atoms with van der Waals surface area (Å²) in [5.74, 6) is 1.29. The van der Waals surface area contributed by atoms with Gasteiger partial charge >= 0.3 is 0 Å². The summed E-state index contributed by atoms with van der Waals surface area (Å²) in [4.78, 5) is 15.9. The lowest BCUT2D eigenvalue weighted by Crippen LogP contribution is -2.37. The van der Waals surface area contributed by atoms with Crippen LogP contribution in [0.4, 0.5) is 8.78 Å². The molecule has 0 aliphatic carbocycles. The Morgan fingerprint density at radius 1 is 1.17 bits per heavy atom. The van der Waals surface area contributed by atoms with E-state index in [1.165, 1.54) is 6.07 Å². The summed E-state index contributed by atoms with van der Waals surface area (Å²) >= 11 is 0. The number of carbonyl (C=O) groups excluding carboxylic acids is 1. The molecule has 0 amide bonds. The zero-order valence-corrected chi connectivity index (χ0v) is 19.4. The maximum Gasteiger partial charge on any atom is 0.191 e. The average molecular weight is 478 g/mol. The summed E-state index contributed by atoms with van der Waals surface area (Å²) in [6.45, 7) is 2.46. The van der Waals surface area contributed by atoms with Crippen molar-refractivity contribution in [2.45, 2.75) is 44.6 Å². The number of carbonyl (C=O) groups is 1. The highest BCUT2D eigenvalue weighted by Crippen LogP contribution is 2.41. The van der Waals surface area contributed by atoms with Crippen LogP contribution >= 0.6 is 0 Å². The molecular formula is C26H24F2N4O3. The van der Waals surface area contributed by atoms with Gasteiger partial charge < -0.3 is 18.5 Å². The van der Waals surface area contributed by atoms with Gasteiger partial charge in [0, 0.05) is 30.9 Å². The molecule has 5 rings (SSSR count). The van der Waals surface area contributed by atoms with E-state index in [4.69, 9.17) is 9.15 Å². The van der Waals surface area contributed by atoms with E-state index in [-0.39, 0.29) is 6.42 Å². The van der Waals surface area contributed by atoms with Crippen molar-refractivity contribution in [2.75, 3.05) is 7.11 Å². The molecule has 1 aliphatic rings. The first kappa shape index (κ1) is 22.9. The molecule has 180 valence electrons. The van der Waals surface area contributed by atoms with Gasteiger partial charge in [-0.3, -0.25) is 0 Å². The van der Waals surface area contributed by atoms with Crippen molar-refractivity contribution in [3.8, 4) is 28.5 Å². The number of aryl methyl sites for hydroxylation is 1. The molecule has 7 nitrogen and oxygen atoms in total. The lowest BCUT2D eigenvalue weighted by Gasteiger charge is -2.36. The molecule has 0 spiro atoms. The topological polar surface area (TPSA) is 83.0 Å². The van der Waals surface area contributed by atoms with Crippen molar-refractivity contribution in [2.24, 2.45) is 0 Å². The quantitative estimate of drug-likeness (QED) is 0.346. The molecule has 2 aromatic heterocycles. The van der Waals surface area contributed by atoms with Crippen molar-refractivity contribution < 1.29 is 22.7 Å². The van der Waals surface area contributed by atoms with E-state index >= 15 is 0 Å². The number of aromatic nitrogens is 4. The molecule has 0 saturated heterocycles. The zero-order chi connectivity index (χ0) is 24.6. The van der Waals surface area contributed by atoms with Crippen LogP contribution in [0.15, 0.2) is 47.0 Å². The van der Waals surface area contributed by atoms with Gasteiger partial charge in [-0.05, 0) is 49.1 Å². The van der Waals surface area contributed by atoms with Gasteiger partial charge in [0.15, 0.2) is 29.1 Å². The van der Waals surface area contributed by atoms with E-state index in [1.807, 2.05) is 22.8 Å². The Hall–Kier alpha value is -3.88. The maximum atomic E-state index is 13.9. The Balaban J connectivity index is 1.55. The summed E-state index contributed by atoms with van der Waals surface area (Å²) in [5.41, 5.74) is 1.52. The van der Waals surface area contributed by atoms with Gasteiger partial charge in [0.05, 0.1) is 18.9 Å². The number of fused-ring (bicyclic) bond motifs is 1. The third kappa shape index (κ3) is 4.11. The molecule has 2 aromatic carbocycles. The first-order valence-corrected chi connectivity index (χ1v) is 11.4. The molecule has 0 bridgehead atoms. The van der Waals surface area contributed by atoms with Crippen molar-refractivity contribution in [3.05, 3.63) is 71.5 Å². The van der Waals surface area contributed by atoms with Gasteiger partial charge in [-0.2, -0.15) is 0 Å². The molecule has 1 atom stereocenters. The molecule has 0 radical (unpaired) electrons. The van der Waals surface area contributed by atoms with Crippen LogP contribution in [-0.4, -0.2) is 33.1 Å². The van der Waals surface area contributed by atoms with Gasteiger partial charge in [-0.1, -0.05) is 12.1 Å². The highest BCUT2D eigenvalue weighted by Gasteiger charge is 2.40. The summed E-state index contributed by atoms with van der Waals surface area (Å²) < 4.78 is 40.6. The molecule has 35 heavy (non-hydrogen) atoms. The molecule has 1 aliphatic heterocycles. The van der Waals surface area contributed by atoms with Crippen molar-refractivity contribution in [3.63, 3.8) is 0 Å². The number of halogens is 2. The summed E-state index contributed by atoms with van der Waals surface area (Å²) in [7, 11) is 1.59. The third-order valence-corrected chi connectivity index (χ3v) is 6.61. The molecular weight excluding hydrogens is 454 g/mol. The monoisotopic (exact) mass is 478 g/mol. The normalized spacial score (nSPS) is 17.3. The minimum atomic E-state index is -0.907. The molecule has 0 N–H and O–H groups in total. The lowest BCUT2D eigenvalue weighted by molar-refractivity contribution is -0.109. The van der Waals surface area contributed by atoms with Gasteiger partial charge in [0.25, 0.3) is 0 Å². The molecule has 1 unspecified atom stereocenters. The zero-order valence-electron chi connectivity index (χ0n) is 19.4. The minimum Gasteiger partial charge on any atom is -0.496 e. The molecule has 9 heteroatoms. The second-order valence-electron chi connectivity index (χ2n) is 8.84. The number of methoxy groups -OCH3 is 1. The molecule has 0 fully saturated rings. The van der Waals surface area contributed by atoms with Crippen molar-refractivity contribution >= 4 is 6.29 Å². The SMILES string of the molecule is COc1cc(-c2nnc3n2CCCC3(CC=O)Cc2ccc(F)c(F)c2)ccc1-c1cnc(C)o1. The number of benzene rings is 2. The maximum absolute atomic E-state index is 13.9. The second kappa shape index (κ2) is 9.05. The van der Waals surface area contributed by atoms with Gasteiger partial charge in [0.2, 0.25) is 0 Å². The van der Waals surface area contributed by atoms with E-state index < -0.39 is 17.0 Å². The first-order chi connectivity index (χ1) is 16.9. The predicted octanol–water partition coefficient (Wildman–Crippen LogP) is 5.06. The average Bonchev–Trinajstić information content (AvgIpc) is 3.48. The van der Waals surface area contributed by atoms with Crippen LogP contribution in [0.2, 0.25) is 0 Å². The van der Waals surface area contributed by atoms with E-state index in [1.54, 1.807) is 26.3 Å². The Kier molecular flexibility index (Phi) is 5.92. The van der Waals surface area contributed by atoms with E-state index in [0.29, 0.717) is 54.0 Å². The van der Waals surface area contributed by atoms with Crippen LogP contribution in [0.25, 0.3) is 22.7 Å². The van der Waals surface area contributed by atoms with E-state index in [0.717, 1.165) is 29.9 Å². The smallest absolute Gasteiger partial charge is 0.191 e. The third-order valence-electron chi connectivity index (χ3n) is 6.61. The van der Waals surface area contributed by atoms with E-state index in [9.17, 15) is 13.6 Å². The van der Waals surface area contributed by atoms with Gasteiger partial charge in [-0.15, -0.1) is 10.2 Å². The summed E-state index contributed by atoms with van der Waals surface area (Å²) in [5, 5.41) is 8.97. The number of oxazole rings is 1. The van der Waals surface area contributed by atoms with Crippen LogP contribution in [0, 0.1) is 18.6 Å². The Bertz CT molecular complexity index is 1400. The van der Waals surface area contributed by atoms with Crippen molar-refractivity contribution in [1.29, 1.82) is 0 Å². The van der Waals surface area contributed by atoms with Gasteiger partial charge in [-0.25, -0.2) is 13.8 Å². The van der Waals surface area contributed by atoms with Crippen LogP contribution in [0.1, 0.15) is 36.5 Å². The van der Waals surface area contributed by atoms with Crippen LogP contribution < -0.4 is 4.74 Å². The second-order valence-corrected chi connectivity index (χ2v) is 8.84. The summed E-state index contributed by atoms with van der Waals surface area (Å²) in [6, 6.07) is 9.53. The Morgan fingerprint density at radius 2 is 2.03 bits per heavy atom. The lowest BCUT2D eigenvalue weighted by atomic mass is 9.73. The fourth-order valence-electron chi connectivity index (χ4n) is 4.96. The Labute approximate surface area is 200 Å². The van der Waals surface area contributed by atoms with E-state index in [2.05, 4.69) is 15.2 Å². The number of hydrogen-bond donors (Lipinski definition) is 0. The number of ether oxygens (including phenoxy) is 1. The number of aldehydes is 1. The number of rotatable bonds is 7. The highest BCUT2D eigenvalue weighted by molar-refractivity contribution is 5.71. The number of nitrogens with zero attached hydrogens (tertiary/aromatic N) is 4. The first-order valence-electron chi connectivity index (χ1n) is 11.4. The molecule has 4 aromatic rings. The fraction of sp³-hybridized carbons (Fsp3) is 0.308. The summed E-state index contributed by atoms with van der Waals surface area (Å²) in [6.07, 6.45) is 4.56. The van der Waals surface area contributed by atoms with Gasteiger partial charge in [0.1, 0.15) is 17.9 Å². The fourth-order valence-corrected chi connectivity index (χ4v) is 4.96. The van der Waals surface area contributed by atoms with Crippen molar-refractivity contribution in [1.82, 2.24) is 19.7 Å². The standard InChI is InChI=1S/C26H24F2N4O3/c1-16-29-15-23(35-16)19-6-5-18(13-22(19)34-2)24-30-31-25-26(9-11-33,8-3-10-32(24)25)14-17-4-7-20(27)21(28)12-17/h4-7,11-13,15H,3,8-10,14H2,1-2H3. The predicted molar refractivity (Wildman–Crippen MR) is 124 cm³/mol. The molecule has 0 saturated carbocycles. The van der Waals surface area contributed by atoms with Crippen LogP contribution in [-0.2, 0) is 23.2 Å². The van der Waals surface area contributed by atoms with Crippen LogP contribution in [0.5, 0.6) is 5.75 Å². The highest BCUT2D eigenvalue weighted by atomic mass is 19.2. The largest absolute Gasteiger partial charge is 0.496 e. The van der Waals surface area contributed by atoms with Crippen LogP contribution in [0.3, 0.4) is 0 Å².